The summed E-state index contributed by atoms with van der Waals surface area (Å²) in [4.78, 5) is 2.81. The molecule has 0 bridgehead atoms. The van der Waals surface area contributed by atoms with Gasteiger partial charge in [0.15, 0.2) is 0 Å². The van der Waals surface area contributed by atoms with Crippen LogP contribution < -0.4 is 5.32 Å². The zero-order valence-electron chi connectivity index (χ0n) is 11.3. The van der Waals surface area contributed by atoms with E-state index in [4.69, 9.17) is 0 Å². The van der Waals surface area contributed by atoms with Gasteiger partial charge in [-0.3, -0.25) is 4.90 Å². The Kier molecular flexibility index (Phi) is 3.72. The monoisotopic (exact) mass is 236 g/mol. The maximum absolute atomic E-state index is 3.72. The highest BCUT2D eigenvalue weighted by Crippen LogP contribution is 2.36. The van der Waals surface area contributed by atoms with Crippen molar-refractivity contribution in [3.05, 3.63) is 0 Å². The maximum atomic E-state index is 3.72. The van der Waals surface area contributed by atoms with Crippen molar-refractivity contribution in [1.29, 1.82) is 0 Å². The number of likely N-dealkylation sites (tertiary alicyclic amines) is 1. The number of hydrogen-bond donors (Lipinski definition) is 1. The van der Waals surface area contributed by atoms with Crippen molar-refractivity contribution >= 4 is 0 Å². The molecule has 3 fully saturated rings. The lowest BCUT2D eigenvalue weighted by Gasteiger charge is -2.43. The molecule has 2 nitrogen and oxygen atoms in total. The maximum Gasteiger partial charge on any atom is 0.0136 e. The van der Waals surface area contributed by atoms with Gasteiger partial charge in [-0.2, -0.15) is 0 Å². The fourth-order valence-electron chi connectivity index (χ4n) is 3.68. The van der Waals surface area contributed by atoms with Crippen LogP contribution in [0.5, 0.6) is 0 Å². The van der Waals surface area contributed by atoms with Crippen molar-refractivity contribution in [2.24, 2.45) is 11.8 Å². The lowest BCUT2D eigenvalue weighted by Crippen LogP contribution is -2.49. The Morgan fingerprint density at radius 3 is 2.65 bits per heavy atom. The van der Waals surface area contributed by atoms with Crippen molar-refractivity contribution in [3.63, 3.8) is 0 Å². The molecule has 3 aliphatic rings. The van der Waals surface area contributed by atoms with Crippen molar-refractivity contribution in [2.45, 2.75) is 64.0 Å². The summed E-state index contributed by atoms with van der Waals surface area (Å²) < 4.78 is 0. The summed E-state index contributed by atoms with van der Waals surface area (Å²) >= 11 is 0. The second-order valence-corrected chi connectivity index (χ2v) is 6.53. The fourth-order valence-corrected chi connectivity index (χ4v) is 3.68. The molecule has 0 radical (unpaired) electrons. The smallest absolute Gasteiger partial charge is 0.0136 e. The summed E-state index contributed by atoms with van der Waals surface area (Å²) in [5.41, 5.74) is 0. The molecular formula is C15H28N2. The molecule has 0 amide bonds. The molecule has 1 aliphatic heterocycles. The first-order valence-electron chi connectivity index (χ1n) is 7.84. The predicted molar refractivity (Wildman–Crippen MR) is 72.1 cm³/mol. The molecule has 0 aromatic carbocycles. The van der Waals surface area contributed by atoms with Crippen molar-refractivity contribution < 1.29 is 0 Å². The van der Waals surface area contributed by atoms with Crippen LogP contribution in [0.4, 0.5) is 0 Å². The number of nitrogens with one attached hydrogen (secondary N) is 1. The molecule has 1 heterocycles. The van der Waals surface area contributed by atoms with E-state index >= 15 is 0 Å². The largest absolute Gasteiger partial charge is 0.314 e. The molecule has 3 atom stereocenters. The van der Waals surface area contributed by atoms with E-state index < -0.39 is 0 Å². The Morgan fingerprint density at radius 2 is 2.00 bits per heavy atom. The number of nitrogens with zero attached hydrogens (tertiary/aromatic N) is 1. The zero-order chi connectivity index (χ0) is 11.7. The van der Waals surface area contributed by atoms with Gasteiger partial charge in [-0.1, -0.05) is 13.3 Å². The van der Waals surface area contributed by atoms with E-state index in [1.807, 2.05) is 0 Å². The predicted octanol–water partition coefficient (Wildman–Crippen LogP) is 2.64. The van der Waals surface area contributed by atoms with E-state index in [1.165, 1.54) is 64.6 Å². The minimum absolute atomic E-state index is 0.891. The highest BCUT2D eigenvalue weighted by molar-refractivity contribution is 4.94. The van der Waals surface area contributed by atoms with E-state index in [9.17, 15) is 0 Å². The van der Waals surface area contributed by atoms with Gasteiger partial charge in [-0.25, -0.2) is 0 Å². The fraction of sp³-hybridized carbons (Fsp3) is 1.00. The van der Waals surface area contributed by atoms with Gasteiger partial charge < -0.3 is 5.32 Å². The molecule has 2 saturated carbocycles. The van der Waals surface area contributed by atoms with Crippen LogP contribution in [-0.4, -0.2) is 36.6 Å². The van der Waals surface area contributed by atoms with Crippen LogP contribution in [0.2, 0.25) is 0 Å². The molecule has 3 rings (SSSR count). The molecule has 2 aliphatic carbocycles. The first-order chi connectivity index (χ1) is 8.36. The van der Waals surface area contributed by atoms with Crippen molar-refractivity contribution in [1.82, 2.24) is 10.2 Å². The minimum atomic E-state index is 0.891. The zero-order valence-corrected chi connectivity index (χ0v) is 11.3. The van der Waals surface area contributed by atoms with Gasteiger partial charge in [-0.05, 0) is 63.5 Å². The van der Waals surface area contributed by atoms with Crippen LogP contribution in [0.25, 0.3) is 0 Å². The van der Waals surface area contributed by atoms with Gasteiger partial charge in [-0.15, -0.1) is 0 Å². The lowest BCUT2D eigenvalue weighted by molar-refractivity contribution is 0.0784. The standard InChI is InChI=1S/C15H28N2/c1-2-3-12-8-9-17(11-12)15-7-4-13(15)10-16-14-5-6-14/h12-16H,2-11H2,1H3. The van der Waals surface area contributed by atoms with Gasteiger partial charge in [0.1, 0.15) is 0 Å². The van der Waals surface area contributed by atoms with E-state index in [-0.39, 0.29) is 0 Å². The third-order valence-corrected chi connectivity index (χ3v) is 5.11. The molecular weight excluding hydrogens is 208 g/mol. The van der Waals surface area contributed by atoms with E-state index in [0.29, 0.717) is 0 Å². The van der Waals surface area contributed by atoms with E-state index in [1.54, 1.807) is 0 Å². The first-order valence-corrected chi connectivity index (χ1v) is 7.84. The van der Waals surface area contributed by atoms with Gasteiger partial charge in [0, 0.05) is 18.6 Å². The van der Waals surface area contributed by atoms with Crippen LogP contribution in [-0.2, 0) is 0 Å². The highest BCUT2D eigenvalue weighted by Gasteiger charge is 2.38. The third-order valence-electron chi connectivity index (χ3n) is 5.11. The van der Waals surface area contributed by atoms with Crippen molar-refractivity contribution in [3.8, 4) is 0 Å². The Bertz CT molecular complexity index is 249. The number of rotatable bonds is 6. The Morgan fingerprint density at radius 1 is 1.12 bits per heavy atom. The average Bonchev–Trinajstić information content (AvgIpc) is 2.99. The quantitative estimate of drug-likeness (QED) is 0.763. The summed E-state index contributed by atoms with van der Waals surface area (Å²) in [6, 6.07) is 1.82. The molecule has 2 heteroatoms. The minimum Gasteiger partial charge on any atom is -0.314 e. The summed E-state index contributed by atoms with van der Waals surface area (Å²) in [6.07, 6.45) is 10.1. The third kappa shape index (κ3) is 2.85. The van der Waals surface area contributed by atoms with E-state index in [0.717, 1.165) is 23.9 Å². The summed E-state index contributed by atoms with van der Waals surface area (Å²) in [6.45, 7) is 6.41. The van der Waals surface area contributed by atoms with Crippen molar-refractivity contribution in [2.75, 3.05) is 19.6 Å². The topological polar surface area (TPSA) is 15.3 Å². The van der Waals surface area contributed by atoms with Crippen LogP contribution in [0, 0.1) is 11.8 Å². The Labute approximate surface area is 106 Å². The van der Waals surface area contributed by atoms with Gasteiger partial charge in [0.05, 0.1) is 0 Å². The molecule has 98 valence electrons. The first kappa shape index (κ1) is 12.0. The van der Waals surface area contributed by atoms with Crippen LogP contribution in [0.15, 0.2) is 0 Å². The Hall–Kier alpha value is -0.0800. The second kappa shape index (κ2) is 5.27. The summed E-state index contributed by atoms with van der Waals surface area (Å²) in [7, 11) is 0. The van der Waals surface area contributed by atoms with Gasteiger partial charge in [0.2, 0.25) is 0 Å². The van der Waals surface area contributed by atoms with E-state index in [2.05, 4.69) is 17.1 Å². The normalized spacial score (nSPS) is 38.3. The molecule has 0 spiro atoms. The Balaban J connectivity index is 1.41. The average molecular weight is 236 g/mol. The van der Waals surface area contributed by atoms with Crippen LogP contribution >= 0.6 is 0 Å². The molecule has 1 saturated heterocycles. The van der Waals surface area contributed by atoms with Gasteiger partial charge >= 0.3 is 0 Å². The molecule has 3 unspecified atom stereocenters. The van der Waals surface area contributed by atoms with Gasteiger partial charge in [0.25, 0.3) is 0 Å². The molecule has 1 N–H and O–H groups in total. The molecule has 17 heavy (non-hydrogen) atoms. The SMILES string of the molecule is CCCC1CCN(C2CCC2CNC2CC2)C1. The van der Waals surface area contributed by atoms with Crippen LogP contribution in [0.1, 0.15) is 51.9 Å². The van der Waals surface area contributed by atoms with Crippen LogP contribution in [0.3, 0.4) is 0 Å². The molecule has 0 aromatic heterocycles. The lowest BCUT2D eigenvalue weighted by atomic mass is 9.78. The molecule has 0 aromatic rings. The summed E-state index contributed by atoms with van der Waals surface area (Å²) in [5.74, 6) is 1.98. The second-order valence-electron chi connectivity index (χ2n) is 6.53. The number of hydrogen-bond acceptors (Lipinski definition) is 2. The summed E-state index contributed by atoms with van der Waals surface area (Å²) in [5, 5.41) is 3.72. The highest BCUT2D eigenvalue weighted by atomic mass is 15.2.